The zero-order valence-corrected chi connectivity index (χ0v) is 14.2. The van der Waals surface area contributed by atoms with Gasteiger partial charge in [0.1, 0.15) is 11.5 Å². The van der Waals surface area contributed by atoms with Crippen LogP contribution in [-0.4, -0.2) is 17.3 Å². The molecule has 2 aromatic rings. The first-order chi connectivity index (χ1) is 10.6. The molecule has 0 fully saturated rings. The van der Waals surface area contributed by atoms with Crippen LogP contribution in [0.5, 0.6) is 11.5 Å². The Kier molecular flexibility index (Phi) is 5.82. The van der Waals surface area contributed by atoms with Gasteiger partial charge in [0.25, 0.3) is 0 Å². The number of aliphatic hydroxyl groups is 1. The summed E-state index contributed by atoms with van der Waals surface area (Å²) in [6, 6.07) is 13.3. The maximum Gasteiger partial charge on any atom is 0.119 e. The monoisotopic (exact) mass is 318 g/mol. The van der Waals surface area contributed by atoms with Crippen molar-refractivity contribution in [3.05, 3.63) is 53.6 Å². The zero-order chi connectivity index (χ0) is 16.1. The van der Waals surface area contributed by atoms with E-state index in [4.69, 9.17) is 4.74 Å². The Balaban J connectivity index is 2.34. The molecule has 2 aromatic carbocycles. The van der Waals surface area contributed by atoms with Crippen molar-refractivity contribution in [3.8, 4) is 11.5 Å². The van der Waals surface area contributed by atoms with Crippen molar-refractivity contribution in [2.24, 2.45) is 0 Å². The number of ether oxygens (including phenoxy) is 1. The second-order valence-corrected chi connectivity index (χ2v) is 6.82. The molecule has 0 aliphatic carbocycles. The first kappa shape index (κ1) is 16.8. The molecule has 0 spiro atoms. The Morgan fingerprint density at radius 1 is 1.14 bits per heavy atom. The number of phenolic OH excluding ortho intramolecular Hbond substituents is 1. The largest absolute Gasteiger partial charge is 0.508 e. The van der Waals surface area contributed by atoms with Crippen LogP contribution in [-0.2, 0) is 0 Å². The number of rotatable bonds is 6. The number of hydrogen-bond acceptors (Lipinski definition) is 3. The molecule has 2 rings (SSSR count). The fourth-order valence-corrected chi connectivity index (χ4v) is 4.14. The summed E-state index contributed by atoms with van der Waals surface area (Å²) in [5.74, 6) is 1.05. The Morgan fingerprint density at radius 3 is 2.50 bits per heavy atom. The Labute approximate surface area is 133 Å². The standard InChI is InChI=1S/C18H23O3P/c1-4-17(15-11-13(21-3)9-10-16(15)20)22-18-8-6-5-7-14(18)12(2)19/h5-12,17,19-20,22H,4H2,1-3H3. The van der Waals surface area contributed by atoms with E-state index in [1.807, 2.05) is 24.3 Å². The molecule has 3 atom stereocenters. The normalized spacial score (nSPS) is 14.2. The van der Waals surface area contributed by atoms with Gasteiger partial charge in [0.15, 0.2) is 0 Å². The maximum atomic E-state index is 10.2. The molecule has 0 amide bonds. The van der Waals surface area contributed by atoms with Crippen LogP contribution in [0.2, 0.25) is 0 Å². The molecule has 0 aromatic heterocycles. The second kappa shape index (κ2) is 7.62. The van der Waals surface area contributed by atoms with Gasteiger partial charge in [0.2, 0.25) is 0 Å². The molecule has 118 valence electrons. The average Bonchev–Trinajstić information content (AvgIpc) is 2.53. The topological polar surface area (TPSA) is 49.7 Å². The molecule has 4 heteroatoms. The van der Waals surface area contributed by atoms with Crippen LogP contribution in [0, 0.1) is 0 Å². The minimum Gasteiger partial charge on any atom is -0.508 e. The lowest BCUT2D eigenvalue weighted by atomic mass is 10.1. The molecule has 3 unspecified atom stereocenters. The molecule has 3 nitrogen and oxygen atoms in total. The summed E-state index contributed by atoms with van der Waals surface area (Å²) in [6.07, 6.45) is 0.424. The number of methoxy groups -OCH3 is 1. The first-order valence-corrected chi connectivity index (χ1v) is 8.55. The summed E-state index contributed by atoms with van der Waals surface area (Å²) in [7, 11) is 2.11. The summed E-state index contributed by atoms with van der Waals surface area (Å²) in [4.78, 5) is 0. The summed E-state index contributed by atoms with van der Waals surface area (Å²) in [6.45, 7) is 3.90. The fourth-order valence-electron chi connectivity index (χ4n) is 2.52. The average molecular weight is 318 g/mol. The molecule has 0 saturated carbocycles. The molecular formula is C18H23O3P. The van der Waals surface area contributed by atoms with E-state index in [-0.39, 0.29) is 5.66 Å². The molecule has 22 heavy (non-hydrogen) atoms. The number of aliphatic hydroxyl groups excluding tert-OH is 1. The van der Waals surface area contributed by atoms with Gasteiger partial charge in [-0.25, -0.2) is 0 Å². The van der Waals surface area contributed by atoms with Gasteiger partial charge in [0, 0.05) is 11.2 Å². The lowest BCUT2D eigenvalue weighted by Gasteiger charge is -2.20. The lowest BCUT2D eigenvalue weighted by molar-refractivity contribution is 0.200. The van der Waals surface area contributed by atoms with Crippen molar-refractivity contribution >= 4 is 13.9 Å². The van der Waals surface area contributed by atoms with Gasteiger partial charge in [-0.2, -0.15) is 0 Å². The van der Waals surface area contributed by atoms with Crippen LogP contribution in [0.1, 0.15) is 43.2 Å². The number of benzene rings is 2. The van der Waals surface area contributed by atoms with Crippen molar-refractivity contribution < 1.29 is 14.9 Å². The minimum atomic E-state index is -0.486. The van der Waals surface area contributed by atoms with Crippen LogP contribution in [0.25, 0.3) is 0 Å². The molecule has 0 aliphatic heterocycles. The van der Waals surface area contributed by atoms with Crippen LogP contribution in [0.3, 0.4) is 0 Å². The van der Waals surface area contributed by atoms with E-state index in [0.717, 1.165) is 28.6 Å². The molecule has 0 radical (unpaired) electrons. The number of phenols is 1. The van der Waals surface area contributed by atoms with E-state index in [1.54, 1.807) is 26.2 Å². The highest BCUT2D eigenvalue weighted by atomic mass is 31.1. The maximum absolute atomic E-state index is 10.2. The highest BCUT2D eigenvalue weighted by Gasteiger charge is 2.18. The summed E-state index contributed by atoms with van der Waals surface area (Å²) in [5, 5.41) is 21.3. The predicted molar refractivity (Wildman–Crippen MR) is 92.7 cm³/mol. The lowest BCUT2D eigenvalue weighted by Crippen LogP contribution is -2.09. The number of hydrogen-bond donors (Lipinski definition) is 2. The second-order valence-electron chi connectivity index (χ2n) is 5.29. The van der Waals surface area contributed by atoms with E-state index >= 15 is 0 Å². The van der Waals surface area contributed by atoms with Gasteiger partial charge < -0.3 is 14.9 Å². The van der Waals surface area contributed by atoms with Crippen molar-refractivity contribution in [2.45, 2.75) is 32.0 Å². The van der Waals surface area contributed by atoms with E-state index in [9.17, 15) is 10.2 Å². The quantitative estimate of drug-likeness (QED) is 0.794. The van der Waals surface area contributed by atoms with Gasteiger partial charge in [-0.15, -0.1) is 0 Å². The third kappa shape index (κ3) is 3.79. The minimum absolute atomic E-state index is 0.204. The van der Waals surface area contributed by atoms with Crippen LogP contribution >= 0.6 is 8.58 Å². The summed E-state index contributed by atoms with van der Waals surface area (Å²) in [5.41, 5.74) is 2.07. The van der Waals surface area contributed by atoms with Crippen molar-refractivity contribution in [3.63, 3.8) is 0 Å². The van der Waals surface area contributed by atoms with Gasteiger partial charge in [-0.3, -0.25) is 0 Å². The molecule has 0 aliphatic rings. The zero-order valence-electron chi connectivity index (χ0n) is 13.2. The molecule has 2 N–H and O–H groups in total. The van der Waals surface area contributed by atoms with Crippen LogP contribution in [0.4, 0.5) is 0 Å². The van der Waals surface area contributed by atoms with Gasteiger partial charge in [0.05, 0.1) is 13.2 Å². The molecular weight excluding hydrogens is 295 g/mol. The van der Waals surface area contributed by atoms with Crippen LogP contribution < -0.4 is 10.0 Å². The Hall–Kier alpha value is -1.57. The fraction of sp³-hybridized carbons (Fsp3) is 0.333. The summed E-state index contributed by atoms with van der Waals surface area (Å²) >= 11 is 0. The highest BCUT2D eigenvalue weighted by molar-refractivity contribution is 7.47. The van der Waals surface area contributed by atoms with Gasteiger partial charge in [-0.1, -0.05) is 39.8 Å². The van der Waals surface area contributed by atoms with Crippen molar-refractivity contribution in [2.75, 3.05) is 7.11 Å². The van der Waals surface area contributed by atoms with Crippen LogP contribution in [0.15, 0.2) is 42.5 Å². The SMILES string of the molecule is CCC(Pc1ccccc1C(C)O)c1cc(OC)ccc1O. The third-order valence-corrected chi connectivity index (χ3v) is 5.59. The molecule has 0 bridgehead atoms. The van der Waals surface area contributed by atoms with E-state index in [0.29, 0.717) is 14.3 Å². The predicted octanol–water partition coefficient (Wildman–Crippen LogP) is 3.91. The third-order valence-electron chi connectivity index (χ3n) is 3.76. The van der Waals surface area contributed by atoms with Gasteiger partial charge in [-0.05, 0) is 42.4 Å². The summed E-state index contributed by atoms with van der Waals surface area (Å²) < 4.78 is 5.27. The first-order valence-electron chi connectivity index (χ1n) is 7.47. The number of aromatic hydroxyl groups is 1. The Morgan fingerprint density at radius 2 is 1.86 bits per heavy atom. The molecule has 0 saturated heterocycles. The Bertz CT molecular complexity index is 625. The van der Waals surface area contributed by atoms with E-state index in [2.05, 4.69) is 13.0 Å². The van der Waals surface area contributed by atoms with Crippen molar-refractivity contribution in [1.82, 2.24) is 0 Å². The smallest absolute Gasteiger partial charge is 0.119 e. The highest BCUT2D eigenvalue weighted by Crippen LogP contribution is 2.43. The van der Waals surface area contributed by atoms with Gasteiger partial charge >= 0.3 is 0 Å². The van der Waals surface area contributed by atoms with E-state index < -0.39 is 6.10 Å². The van der Waals surface area contributed by atoms with E-state index in [1.165, 1.54) is 0 Å². The molecule has 0 heterocycles. The van der Waals surface area contributed by atoms with Crippen molar-refractivity contribution in [1.29, 1.82) is 0 Å².